The number of hydrazine groups is 1. The van der Waals surface area contributed by atoms with Crippen LogP contribution in [0.5, 0.6) is 0 Å². The van der Waals surface area contributed by atoms with Crippen molar-refractivity contribution in [3.05, 3.63) is 23.9 Å². The van der Waals surface area contributed by atoms with Crippen LogP contribution in [0.4, 0.5) is 10.2 Å². The van der Waals surface area contributed by atoms with Crippen LogP contribution in [0, 0.1) is 0 Å². The minimum atomic E-state index is -0.462. The molecule has 0 saturated heterocycles. The predicted octanol–water partition coefficient (Wildman–Crippen LogP) is 1.12. The van der Waals surface area contributed by atoms with E-state index in [2.05, 4.69) is 10.4 Å². The van der Waals surface area contributed by atoms with Crippen LogP contribution in [0.2, 0.25) is 0 Å². The Kier molecular flexibility index (Phi) is 2.99. The van der Waals surface area contributed by atoms with E-state index in [0.29, 0.717) is 5.56 Å². The van der Waals surface area contributed by atoms with E-state index in [0.717, 1.165) is 5.82 Å². The second-order valence-corrected chi connectivity index (χ2v) is 2.44. The Morgan fingerprint density at radius 1 is 1.58 bits per heavy atom. The van der Waals surface area contributed by atoms with Crippen molar-refractivity contribution < 1.29 is 4.39 Å². The summed E-state index contributed by atoms with van der Waals surface area (Å²) >= 11 is 0. The number of hydrogen-bond donors (Lipinski definition) is 1. The molecule has 1 N–H and O–H groups in total. The Labute approximate surface area is 71.2 Å². The zero-order valence-electron chi connectivity index (χ0n) is 7.21. The van der Waals surface area contributed by atoms with Crippen LogP contribution >= 0.6 is 0 Å². The van der Waals surface area contributed by atoms with Crippen LogP contribution in [0.3, 0.4) is 0 Å². The number of anilines is 1. The quantitative estimate of drug-likeness (QED) is 0.687. The standard InChI is InChI=1S/C8H12FN3/c1-10-12(2)8-4-3-7(5-9)6-11-8/h3-4,6,10H,5H2,1-2H3. The van der Waals surface area contributed by atoms with Gasteiger partial charge in [0.1, 0.15) is 12.5 Å². The van der Waals surface area contributed by atoms with E-state index in [1.54, 1.807) is 24.2 Å². The fraction of sp³-hybridized carbons (Fsp3) is 0.375. The highest BCUT2D eigenvalue weighted by Gasteiger charge is 1.98. The van der Waals surface area contributed by atoms with Gasteiger partial charge in [0.25, 0.3) is 0 Å². The number of pyridine rings is 1. The van der Waals surface area contributed by atoms with Gasteiger partial charge < -0.3 is 0 Å². The number of nitrogens with one attached hydrogen (secondary N) is 1. The lowest BCUT2D eigenvalue weighted by Gasteiger charge is -2.15. The van der Waals surface area contributed by atoms with E-state index >= 15 is 0 Å². The van der Waals surface area contributed by atoms with Crippen LogP contribution < -0.4 is 10.4 Å². The summed E-state index contributed by atoms with van der Waals surface area (Å²) in [7, 11) is 3.64. The van der Waals surface area contributed by atoms with Crippen LogP contribution in [0.1, 0.15) is 5.56 Å². The molecule has 12 heavy (non-hydrogen) atoms. The fourth-order valence-electron chi connectivity index (χ4n) is 0.809. The fourth-order valence-corrected chi connectivity index (χ4v) is 0.809. The van der Waals surface area contributed by atoms with Gasteiger partial charge in [0, 0.05) is 25.9 Å². The maximum atomic E-state index is 12.1. The minimum Gasteiger partial charge on any atom is -0.296 e. The molecule has 3 nitrogen and oxygen atoms in total. The molecule has 0 saturated carbocycles. The molecule has 0 aliphatic rings. The van der Waals surface area contributed by atoms with E-state index in [-0.39, 0.29) is 0 Å². The van der Waals surface area contributed by atoms with Crippen molar-refractivity contribution in [2.75, 3.05) is 19.1 Å². The highest BCUT2D eigenvalue weighted by molar-refractivity contribution is 5.36. The van der Waals surface area contributed by atoms with E-state index in [4.69, 9.17) is 0 Å². The first-order valence-corrected chi connectivity index (χ1v) is 3.70. The Hall–Kier alpha value is -1.16. The second kappa shape index (κ2) is 4.01. The second-order valence-electron chi connectivity index (χ2n) is 2.44. The average molecular weight is 169 g/mol. The van der Waals surface area contributed by atoms with Crippen molar-refractivity contribution in [3.63, 3.8) is 0 Å². The Morgan fingerprint density at radius 2 is 2.33 bits per heavy atom. The van der Waals surface area contributed by atoms with E-state index in [1.165, 1.54) is 6.20 Å². The highest BCUT2D eigenvalue weighted by Crippen LogP contribution is 2.07. The molecular formula is C8H12FN3. The molecule has 0 aliphatic carbocycles. The number of aromatic nitrogens is 1. The maximum absolute atomic E-state index is 12.1. The van der Waals surface area contributed by atoms with Crippen LogP contribution in [-0.2, 0) is 6.67 Å². The largest absolute Gasteiger partial charge is 0.296 e. The van der Waals surface area contributed by atoms with Gasteiger partial charge in [0.15, 0.2) is 0 Å². The van der Waals surface area contributed by atoms with Crippen LogP contribution in [0.25, 0.3) is 0 Å². The van der Waals surface area contributed by atoms with E-state index < -0.39 is 6.67 Å². The third kappa shape index (κ3) is 1.92. The molecule has 0 radical (unpaired) electrons. The highest BCUT2D eigenvalue weighted by atomic mass is 19.1. The van der Waals surface area contributed by atoms with Crippen LogP contribution in [0.15, 0.2) is 18.3 Å². The maximum Gasteiger partial charge on any atom is 0.142 e. The number of nitrogens with zero attached hydrogens (tertiary/aromatic N) is 2. The smallest absolute Gasteiger partial charge is 0.142 e. The van der Waals surface area contributed by atoms with E-state index in [1.807, 2.05) is 7.05 Å². The molecule has 0 spiro atoms. The summed E-state index contributed by atoms with van der Waals surface area (Å²) in [6, 6.07) is 3.49. The summed E-state index contributed by atoms with van der Waals surface area (Å²) < 4.78 is 12.1. The van der Waals surface area contributed by atoms with Crippen molar-refractivity contribution in [2.45, 2.75) is 6.67 Å². The lowest BCUT2D eigenvalue weighted by Crippen LogP contribution is -2.30. The van der Waals surface area contributed by atoms with Gasteiger partial charge in [0.2, 0.25) is 0 Å². The van der Waals surface area contributed by atoms with Crippen molar-refractivity contribution in [3.8, 4) is 0 Å². The molecular weight excluding hydrogens is 157 g/mol. The summed E-state index contributed by atoms with van der Waals surface area (Å²) in [5, 5.41) is 1.75. The molecule has 66 valence electrons. The molecule has 1 aromatic heterocycles. The number of hydrogen-bond acceptors (Lipinski definition) is 3. The predicted molar refractivity (Wildman–Crippen MR) is 46.5 cm³/mol. The first-order chi connectivity index (χ1) is 5.77. The molecule has 0 amide bonds. The van der Waals surface area contributed by atoms with Gasteiger partial charge in [-0.3, -0.25) is 5.01 Å². The summed E-state index contributed by atoms with van der Waals surface area (Å²) in [6.07, 6.45) is 1.53. The SMILES string of the molecule is CNN(C)c1ccc(CF)cn1. The van der Waals surface area contributed by atoms with Crippen molar-refractivity contribution in [1.29, 1.82) is 0 Å². The third-order valence-corrected chi connectivity index (χ3v) is 1.64. The normalized spacial score (nSPS) is 9.92. The van der Waals surface area contributed by atoms with Gasteiger partial charge in [-0.05, 0) is 6.07 Å². The van der Waals surface area contributed by atoms with Gasteiger partial charge >= 0.3 is 0 Å². The zero-order chi connectivity index (χ0) is 8.97. The zero-order valence-corrected chi connectivity index (χ0v) is 7.21. The molecule has 0 aliphatic heterocycles. The first kappa shape index (κ1) is 8.93. The molecule has 0 atom stereocenters. The minimum absolute atomic E-state index is 0.462. The van der Waals surface area contributed by atoms with Gasteiger partial charge in [-0.15, -0.1) is 0 Å². The Morgan fingerprint density at radius 3 is 2.75 bits per heavy atom. The van der Waals surface area contributed by atoms with Crippen LogP contribution in [-0.4, -0.2) is 19.1 Å². The topological polar surface area (TPSA) is 28.2 Å². The molecule has 0 fully saturated rings. The Balaban J connectivity index is 2.77. The molecule has 0 bridgehead atoms. The van der Waals surface area contributed by atoms with Gasteiger partial charge in [-0.1, -0.05) is 6.07 Å². The molecule has 0 aromatic carbocycles. The molecule has 1 rings (SSSR count). The average Bonchev–Trinajstić information content (AvgIpc) is 2.17. The van der Waals surface area contributed by atoms with E-state index in [9.17, 15) is 4.39 Å². The van der Waals surface area contributed by atoms with Gasteiger partial charge in [-0.2, -0.15) is 0 Å². The van der Waals surface area contributed by atoms with Crippen molar-refractivity contribution in [2.24, 2.45) is 0 Å². The summed E-state index contributed by atoms with van der Waals surface area (Å²) in [6.45, 7) is -0.462. The summed E-state index contributed by atoms with van der Waals surface area (Å²) in [5.74, 6) is 0.773. The van der Waals surface area contributed by atoms with Gasteiger partial charge in [0.05, 0.1) is 0 Å². The molecule has 1 aromatic rings. The van der Waals surface area contributed by atoms with Gasteiger partial charge in [-0.25, -0.2) is 14.8 Å². The van der Waals surface area contributed by atoms with Crippen molar-refractivity contribution >= 4 is 5.82 Å². The monoisotopic (exact) mass is 169 g/mol. The summed E-state index contributed by atoms with van der Waals surface area (Å²) in [4.78, 5) is 4.04. The van der Waals surface area contributed by atoms with Crippen molar-refractivity contribution in [1.82, 2.24) is 10.4 Å². The number of halogens is 1. The lowest BCUT2D eigenvalue weighted by atomic mass is 10.3. The molecule has 0 unspecified atom stereocenters. The summed E-state index contributed by atoms with van der Waals surface area (Å²) in [5.41, 5.74) is 3.50. The number of rotatable bonds is 3. The third-order valence-electron chi connectivity index (χ3n) is 1.64. The lowest BCUT2D eigenvalue weighted by molar-refractivity contribution is 0.484. The first-order valence-electron chi connectivity index (χ1n) is 3.70. The number of alkyl halides is 1. The Bertz CT molecular complexity index is 235. The molecule has 4 heteroatoms. The molecule has 1 heterocycles.